The van der Waals surface area contributed by atoms with Crippen molar-refractivity contribution in [3.8, 4) is 0 Å². The number of hydrogen-bond donors (Lipinski definition) is 0. The minimum Gasteiger partial charge on any atom is -0.302 e. The zero-order valence-corrected chi connectivity index (χ0v) is 11.2. The number of allylic oxidation sites excluding steroid dienone is 2. The Hall–Kier alpha value is -0.590. The normalized spacial score (nSPS) is 35.8. The topological polar surface area (TPSA) is 17.1 Å². The fraction of sp³-hybridized carbons (Fsp3) is 0.812. The molecular formula is C16H26O. The first-order chi connectivity index (χ1) is 8.35. The molecule has 1 heteroatoms. The Labute approximate surface area is 106 Å². The quantitative estimate of drug-likeness (QED) is 0.359. The van der Waals surface area contributed by atoms with Crippen molar-refractivity contribution >= 4 is 6.29 Å². The van der Waals surface area contributed by atoms with Crippen LogP contribution in [0.15, 0.2) is 12.2 Å². The molecule has 2 fully saturated rings. The van der Waals surface area contributed by atoms with Crippen molar-refractivity contribution in [1.82, 2.24) is 0 Å². The lowest BCUT2D eigenvalue weighted by Gasteiger charge is -2.04. The first kappa shape index (κ1) is 12.9. The van der Waals surface area contributed by atoms with Gasteiger partial charge in [0, 0.05) is 0 Å². The maximum absolute atomic E-state index is 11.4. The van der Waals surface area contributed by atoms with Crippen molar-refractivity contribution in [2.45, 2.75) is 64.7 Å². The molecule has 0 aromatic rings. The second-order valence-corrected chi connectivity index (χ2v) is 5.87. The second-order valence-electron chi connectivity index (χ2n) is 5.87. The molecule has 0 spiro atoms. The van der Waals surface area contributed by atoms with E-state index in [0.717, 1.165) is 6.42 Å². The van der Waals surface area contributed by atoms with Crippen LogP contribution in [0, 0.1) is 17.3 Å². The average molecular weight is 234 g/mol. The molecule has 2 aliphatic carbocycles. The molecule has 0 amide bonds. The summed E-state index contributed by atoms with van der Waals surface area (Å²) in [4.78, 5) is 11.4. The van der Waals surface area contributed by atoms with E-state index >= 15 is 0 Å². The van der Waals surface area contributed by atoms with Gasteiger partial charge in [0.15, 0.2) is 0 Å². The van der Waals surface area contributed by atoms with Crippen molar-refractivity contribution in [2.75, 3.05) is 0 Å². The fourth-order valence-electron chi connectivity index (χ4n) is 3.66. The highest BCUT2D eigenvalue weighted by molar-refractivity contribution is 5.69. The Morgan fingerprint density at radius 1 is 1.12 bits per heavy atom. The Morgan fingerprint density at radius 2 is 1.82 bits per heavy atom. The largest absolute Gasteiger partial charge is 0.302 e. The summed E-state index contributed by atoms with van der Waals surface area (Å²) in [5.41, 5.74) is -0.0265. The second kappa shape index (κ2) is 5.84. The van der Waals surface area contributed by atoms with E-state index in [1.54, 1.807) is 0 Å². The van der Waals surface area contributed by atoms with Crippen LogP contribution in [-0.4, -0.2) is 6.29 Å². The summed E-state index contributed by atoms with van der Waals surface area (Å²) in [5.74, 6) is 1.39. The van der Waals surface area contributed by atoms with E-state index in [9.17, 15) is 4.79 Å². The molecule has 96 valence electrons. The highest BCUT2D eigenvalue weighted by Gasteiger charge is 2.62. The standard InChI is InChI=1S/C16H26O/c1-2-3-4-5-6-9-12-16(13-17)14-10-7-8-11-15(14)16/h9,12-15H,2-8,10-11H2,1H3/b12-9-/t14-,15+,16?. The van der Waals surface area contributed by atoms with Gasteiger partial charge in [-0.2, -0.15) is 0 Å². The smallest absolute Gasteiger partial charge is 0.130 e. The van der Waals surface area contributed by atoms with Crippen molar-refractivity contribution in [1.29, 1.82) is 0 Å². The van der Waals surface area contributed by atoms with Crippen LogP contribution in [0.1, 0.15) is 64.7 Å². The molecular weight excluding hydrogens is 208 g/mol. The van der Waals surface area contributed by atoms with Crippen LogP contribution < -0.4 is 0 Å². The number of hydrogen-bond acceptors (Lipinski definition) is 1. The lowest BCUT2D eigenvalue weighted by Crippen LogP contribution is -2.02. The zero-order chi connectivity index (χ0) is 12.1. The van der Waals surface area contributed by atoms with Gasteiger partial charge in [-0.3, -0.25) is 0 Å². The van der Waals surface area contributed by atoms with Crippen molar-refractivity contribution < 1.29 is 4.79 Å². The van der Waals surface area contributed by atoms with Crippen LogP contribution in [0.5, 0.6) is 0 Å². The minimum absolute atomic E-state index is 0.0265. The van der Waals surface area contributed by atoms with Gasteiger partial charge in [-0.25, -0.2) is 0 Å². The number of carbonyl (C=O) groups excluding carboxylic acids is 1. The van der Waals surface area contributed by atoms with E-state index in [4.69, 9.17) is 0 Å². The van der Waals surface area contributed by atoms with E-state index in [0.29, 0.717) is 11.8 Å². The summed E-state index contributed by atoms with van der Waals surface area (Å²) in [6, 6.07) is 0. The summed E-state index contributed by atoms with van der Waals surface area (Å²) < 4.78 is 0. The number of aldehydes is 1. The Morgan fingerprint density at radius 3 is 2.41 bits per heavy atom. The number of fused-ring (bicyclic) bond motifs is 1. The van der Waals surface area contributed by atoms with Gasteiger partial charge in [0.05, 0.1) is 5.41 Å². The Kier molecular flexibility index (Phi) is 4.42. The number of unbranched alkanes of at least 4 members (excludes halogenated alkanes) is 4. The average Bonchev–Trinajstić information content (AvgIpc) is 3.03. The van der Waals surface area contributed by atoms with E-state index < -0.39 is 0 Å². The molecule has 2 rings (SSSR count). The summed E-state index contributed by atoms with van der Waals surface area (Å²) in [6.45, 7) is 2.24. The SMILES string of the molecule is CCCCCC/C=C\C1(C=O)[C@@H]2CCCC[C@@H]21. The maximum atomic E-state index is 11.4. The van der Waals surface area contributed by atoms with Crippen LogP contribution in [0.3, 0.4) is 0 Å². The molecule has 1 nitrogen and oxygen atoms in total. The van der Waals surface area contributed by atoms with E-state index in [2.05, 4.69) is 19.1 Å². The minimum atomic E-state index is -0.0265. The molecule has 2 saturated carbocycles. The summed E-state index contributed by atoms with van der Waals surface area (Å²) in [5, 5.41) is 0. The van der Waals surface area contributed by atoms with E-state index in [1.807, 2.05) is 0 Å². The molecule has 0 aromatic carbocycles. The summed E-state index contributed by atoms with van der Waals surface area (Å²) >= 11 is 0. The molecule has 17 heavy (non-hydrogen) atoms. The van der Waals surface area contributed by atoms with Crippen LogP contribution in [0.25, 0.3) is 0 Å². The third kappa shape index (κ3) is 2.64. The zero-order valence-electron chi connectivity index (χ0n) is 11.2. The third-order valence-corrected chi connectivity index (χ3v) is 4.78. The molecule has 1 unspecified atom stereocenters. The van der Waals surface area contributed by atoms with Gasteiger partial charge in [-0.05, 0) is 37.5 Å². The van der Waals surface area contributed by atoms with Crippen molar-refractivity contribution in [2.24, 2.45) is 17.3 Å². The maximum Gasteiger partial charge on any atom is 0.130 e. The first-order valence-electron chi connectivity index (χ1n) is 7.49. The first-order valence-corrected chi connectivity index (χ1v) is 7.49. The van der Waals surface area contributed by atoms with Gasteiger partial charge in [0.25, 0.3) is 0 Å². The van der Waals surface area contributed by atoms with Crippen LogP contribution >= 0.6 is 0 Å². The number of rotatable bonds is 7. The lowest BCUT2D eigenvalue weighted by atomic mass is 10.0. The monoisotopic (exact) mass is 234 g/mol. The molecule has 3 atom stereocenters. The molecule has 0 heterocycles. The Balaban J connectivity index is 1.76. The van der Waals surface area contributed by atoms with Gasteiger partial charge >= 0.3 is 0 Å². The van der Waals surface area contributed by atoms with Crippen LogP contribution in [0.4, 0.5) is 0 Å². The van der Waals surface area contributed by atoms with E-state index in [-0.39, 0.29) is 5.41 Å². The highest BCUT2D eigenvalue weighted by atomic mass is 16.1. The predicted octanol–water partition coefficient (Wildman–Crippen LogP) is 4.52. The molecule has 0 bridgehead atoms. The van der Waals surface area contributed by atoms with Crippen LogP contribution in [-0.2, 0) is 4.79 Å². The lowest BCUT2D eigenvalue weighted by molar-refractivity contribution is -0.111. The van der Waals surface area contributed by atoms with E-state index in [1.165, 1.54) is 57.7 Å². The molecule has 0 radical (unpaired) electrons. The molecule has 2 aliphatic rings. The predicted molar refractivity (Wildman–Crippen MR) is 71.8 cm³/mol. The Bertz CT molecular complexity index is 267. The van der Waals surface area contributed by atoms with Gasteiger partial charge in [-0.15, -0.1) is 0 Å². The van der Waals surface area contributed by atoms with Gasteiger partial charge in [0.2, 0.25) is 0 Å². The van der Waals surface area contributed by atoms with Crippen molar-refractivity contribution in [3.63, 3.8) is 0 Å². The number of carbonyl (C=O) groups is 1. The molecule has 0 saturated heterocycles. The fourth-order valence-corrected chi connectivity index (χ4v) is 3.66. The third-order valence-electron chi connectivity index (χ3n) is 4.78. The summed E-state index contributed by atoms with van der Waals surface area (Å²) in [6.07, 6.45) is 17.4. The highest BCUT2D eigenvalue weighted by Crippen LogP contribution is 2.65. The summed E-state index contributed by atoms with van der Waals surface area (Å²) in [7, 11) is 0. The van der Waals surface area contributed by atoms with Gasteiger partial charge in [-0.1, -0.05) is 51.2 Å². The van der Waals surface area contributed by atoms with Gasteiger partial charge in [0.1, 0.15) is 6.29 Å². The van der Waals surface area contributed by atoms with Gasteiger partial charge < -0.3 is 4.79 Å². The molecule has 0 aromatic heterocycles. The van der Waals surface area contributed by atoms with Crippen LogP contribution in [0.2, 0.25) is 0 Å². The van der Waals surface area contributed by atoms with Crippen molar-refractivity contribution in [3.05, 3.63) is 12.2 Å². The molecule has 0 N–H and O–H groups in total. The molecule has 0 aliphatic heterocycles.